The number of ether oxygens (including phenoxy) is 2. The molecule has 0 aliphatic rings. The van der Waals surface area contributed by atoms with Crippen molar-refractivity contribution in [1.29, 1.82) is 0 Å². The molecule has 1 aromatic rings. The highest BCUT2D eigenvalue weighted by Gasteiger charge is 2.12. The second-order valence-corrected chi connectivity index (χ2v) is 5.83. The van der Waals surface area contributed by atoms with Crippen LogP contribution in [0.1, 0.15) is 26.3 Å². The van der Waals surface area contributed by atoms with Gasteiger partial charge in [0, 0.05) is 56.5 Å². The monoisotopic (exact) mass is 281 g/mol. The van der Waals surface area contributed by atoms with Crippen LogP contribution in [0.3, 0.4) is 0 Å². The van der Waals surface area contributed by atoms with Crippen molar-refractivity contribution >= 4 is 5.69 Å². The molecule has 5 nitrogen and oxygen atoms in total. The topological polar surface area (TPSA) is 55.4 Å². The molecule has 0 aliphatic heterocycles. The van der Waals surface area contributed by atoms with Gasteiger partial charge in [0.1, 0.15) is 0 Å². The fourth-order valence-electron chi connectivity index (χ4n) is 1.72. The van der Waals surface area contributed by atoms with Gasteiger partial charge >= 0.3 is 0 Å². The van der Waals surface area contributed by atoms with Crippen LogP contribution in [0.2, 0.25) is 0 Å². The van der Waals surface area contributed by atoms with E-state index in [0.29, 0.717) is 13.2 Å². The molecule has 114 valence electrons. The van der Waals surface area contributed by atoms with Crippen LogP contribution >= 0.6 is 0 Å². The molecule has 0 aromatic carbocycles. The molecule has 1 rings (SSSR count). The minimum Gasteiger partial charge on any atom is -0.382 e. The number of hydrogen-bond acceptors (Lipinski definition) is 5. The van der Waals surface area contributed by atoms with Crippen LogP contribution < -0.4 is 10.6 Å². The Morgan fingerprint density at radius 1 is 1.30 bits per heavy atom. The van der Waals surface area contributed by atoms with Crippen LogP contribution in [-0.4, -0.2) is 44.0 Å². The standard InChI is InChI=1S/C15H27N3O2/c1-15(2,3)18-9-12-8-16-7-6-14(12)17-10-13(20-5)11-19-4/h6-8,13,18H,9-11H2,1-5H3,(H,16,17). The second-order valence-electron chi connectivity index (χ2n) is 5.83. The summed E-state index contributed by atoms with van der Waals surface area (Å²) in [7, 11) is 3.37. The second kappa shape index (κ2) is 8.19. The predicted octanol–water partition coefficient (Wildman–Crippen LogP) is 2.04. The van der Waals surface area contributed by atoms with E-state index < -0.39 is 0 Å². The Morgan fingerprint density at radius 3 is 2.65 bits per heavy atom. The van der Waals surface area contributed by atoms with Crippen molar-refractivity contribution in [2.24, 2.45) is 0 Å². The Morgan fingerprint density at radius 2 is 2.05 bits per heavy atom. The lowest BCUT2D eigenvalue weighted by Gasteiger charge is -2.22. The third-order valence-corrected chi connectivity index (χ3v) is 2.92. The molecule has 0 radical (unpaired) electrons. The van der Waals surface area contributed by atoms with Crippen LogP contribution in [0.15, 0.2) is 18.5 Å². The fraction of sp³-hybridized carbons (Fsp3) is 0.667. The third kappa shape index (κ3) is 6.32. The molecule has 1 unspecified atom stereocenters. The first-order valence-corrected chi connectivity index (χ1v) is 6.90. The minimum atomic E-state index is 0.0385. The molecular formula is C15H27N3O2. The summed E-state index contributed by atoms with van der Waals surface area (Å²) >= 11 is 0. The largest absolute Gasteiger partial charge is 0.382 e. The molecule has 1 aromatic heterocycles. The Balaban J connectivity index is 2.61. The molecule has 0 amide bonds. The summed E-state index contributed by atoms with van der Waals surface area (Å²) in [6.07, 6.45) is 3.72. The molecule has 2 N–H and O–H groups in total. The van der Waals surface area contributed by atoms with Crippen LogP contribution in [0.25, 0.3) is 0 Å². The summed E-state index contributed by atoms with van der Waals surface area (Å²) in [5.74, 6) is 0. The maximum atomic E-state index is 5.35. The molecule has 1 atom stereocenters. The fourth-order valence-corrected chi connectivity index (χ4v) is 1.72. The Labute approximate surface area is 122 Å². The van der Waals surface area contributed by atoms with Gasteiger partial charge in [-0.3, -0.25) is 4.98 Å². The number of anilines is 1. The average Bonchev–Trinajstić information content (AvgIpc) is 2.41. The molecule has 20 heavy (non-hydrogen) atoms. The van der Waals surface area contributed by atoms with Gasteiger partial charge in [0.05, 0.1) is 12.7 Å². The van der Waals surface area contributed by atoms with Crippen molar-refractivity contribution in [3.63, 3.8) is 0 Å². The van der Waals surface area contributed by atoms with Gasteiger partial charge in [-0.1, -0.05) is 0 Å². The summed E-state index contributed by atoms with van der Waals surface area (Å²) in [5.41, 5.74) is 2.31. The van der Waals surface area contributed by atoms with Crippen molar-refractivity contribution in [2.75, 3.05) is 32.7 Å². The van der Waals surface area contributed by atoms with Gasteiger partial charge in [-0.25, -0.2) is 0 Å². The molecule has 0 aliphatic carbocycles. The molecule has 0 saturated heterocycles. The lowest BCUT2D eigenvalue weighted by molar-refractivity contribution is 0.0365. The number of rotatable bonds is 8. The van der Waals surface area contributed by atoms with Gasteiger partial charge in [0.15, 0.2) is 0 Å². The van der Waals surface area contributed by atoms with Gasteiger partial charge in [-0.05, 0) is 26.8 Å². The molecule has 1 heterocycles. The van der Waals surface area contributed by atoms with Gasteiger partial charge in [-0.15, -0.1) is 0 Å². The highest BCUT2D eigenvalue weighted by molar-refractivity contribution is 5.49. The van der Waals surface area contributed by atoms with E-state index in [-0.39, 0.29) is 11.6 Å². The zero-order chi connectivity index (χ0) is 15.0. The van der Waals surface area contributed by atoms with E-state index in [2.05, 4.69) is 36.4 Å². The van der Waals surface area contributed by atoms with Crippen molar-refractivity contribution in [3.05, 3.63) is 24.0 Å². The lowest BCUT2D eigenvalue weighted by atomic mass is 10.1. The molecule has 0 fully saturated rings. The van der Waals surface area contributed by atoms with Crippen molar-refractivity contribution in [2.45, 2.75) is 39.0 Å². The zero-order valence-corrected chi connectivity index (χ0v) is 13.2. The molecular weight excluding hydrogens is 254 g/mol. The van der Waals surface area contributed by atoms with E-state index in [0.717, 1.165) is 17.8 Å². The zero-order valence-electron chi connectivity index (χ0n) is 13.2. The van der Waals surface area contributed by atoms with E-state index in [4.69, 9.17) is 9.47 Å². The molecule has 0 saturated carbocycles. The maximum absolute atomic E-state index is 5.35. The van der Waals surface area contributed by atoms with Gasteiger partial charge < -0.3 is 20.1 Å². The van der Waals surface area contributed by atoms with Crippen molar-refractivity contribution < 1.29 is 9.47 Å². The Kier molecular flexibility index (Phi) is 6.91. The van der Waals surface area contributed by atoms with Crippen LogP contribution in [0, 0.1) is 0 Å². The summed E-state index contributed by atoms with van der Waals surface area (Å²) in [5, 5.41) is 6.87. The van der Waals surface area contributed by atoms with Gasteiger partial charge in [0.25, 0.3) is 0 Å². The summed E-state index contributed by atoms with van der Waals surface area (Å²) in [4.78, 5) is 4.19. The Bertz CT molecular complexity index is 391. The first kappa shape index (κ1) is 16.9. The third-order valence-electron chi connectivity index (χ3n) is 2.92. The SMILES string of the molecule is COCC(CNc1ccncc1CNC(C)(C)C)OC. The van der Waals surface area contributed by atoms with E-state index >= 15 is 0 Å². The van der Waals surface area contributed by atoms with Gasteiger partial charge in [0.2, 0.25) is 0 Å². The number of pyridine rings is 1. The highest BCUT2D eigenvalue weighted by Crippen LogP contribution is 2.15. The van der Waals surface area contributed by atoms with E-state index in [1.807, 2.05) is 12.3 Å². The van der Waals surface area contributed by atoms with Crippen LogP contribution in [0.4, 0.5) is 5.69 Å². The van der Waals surface area contributed by atoms with E-state index in [9.17, 15) is 0 Å². The number of nitrogens with one attached hydrogen (secondary N) is 2. The molecule has 0 spiro atoms. The molecule has 0 bridgehead atoms. The van der Waals surface area contributed by atoms with Crippen molar-refractivity contribution in [1.82, 2.24) is 10.3 Å². The number of nitrogens with zero attached hydrogens (tertiary/aromatic N) is 1. The van der Waals surface area contributed by atoms with E-state index in [1.165, 1.54) is 0 Å². The van der Waals surface area contributed by atoms with Crippen LogP contribution in [0.5, 0.6) is 0 Å². The number of aromatic nitrogens is 1. The summed E-state index contributed by atoms with van der Waals surface area (Å²) in [6, 6.07) is 1.99. The molecule has 5 heteroatoms. The number of methoxy groups -OCH3 is 2. The first-order chi connectivity index (χ1) is 9.46. The van der Waals surface area contributed by atoms with Gasteiger partial charge in [-0.2, -0.15) is 0 Å². The lowest BCUT2D eigenvalue weighted by Crippen LogP contribution is -2.35. The van der Waals surface area contributed by atoms with Crippen LogP contribution in [-0.2, 0) is 16.0 Å². The maximum Gasteiger partial charge on any atom is 0.0976 e. The normalized spacial score (nSPS) is 13.2. The average molecular weight is 281 g/mol. The summed E-state index contributed by atoms with van der Waals surface area (Å²) < 4.78 is 10.5. The van der Waals surface area contributed by atoms with Crippen molar-refractivity contribution in [3.8, 4) is 0 Å². The quantitative estimate of drug-likeness (QED) is 0.764. The van der Waals surface area contributed by atoms with E-state index in [1.54, 1.807) is 20.4 Å². The minimum absolute atomic E-state index is 0.0385. The smallest absolute Gasteiger partial charge is 0.0976 e. The highest BCUT2D eigenvalue weighted by atomic mass is 16.5. The predicted molar refractivity (Wildman–Crippen MR) is 82.0 cm³/mol. The first-order valence-electron chi connectivity index (χ1n) is 6.90. The Hall–Kier alpha value is -1.17. The number of hydrogen-bond donors (Lipinski definition) is 2. The summed E-state index contributed by atoms with van der Waals surface area (Å²) in [6.45, 7) is 8.50.